The number of nitrogens with two attached hydrogens (primary N) is 1. The second-order valence-corrected chi connectivity index (χ2v) is 7.61. The summed E-state index contributed by atoms with van der Waals surface area (Å²) in [5.74, 6) is 0.809. The van der Waals surface area contributed by atoms with Crippen molar-refractivity contribution in [1.82, 2.24) is 5.32 Å². The zero-order valence-electron chi connectivity index (χ0n) is 17.2. The number of methoxy groups -OCH3 is 1. The monoisotopic (exact) mass is 409 g/mol. The first kappa shape index (κ1) is 20.1. The molecule has 7 heteroatoms. The van der Waals surface area contributed by atoms with E-state index in [2.05, 4.69) is 10.6 Å². The van der Waals surface area contributed by atoms with Gasteiger partial charge in [-0.2, -0.15) is 0 Å². The van der Waals surface area contributed by atoms with Gasteiger partial charge in [0.2, 0.25) is 0 Å². The van der Waals surface area contributed by atoms with E-state index in [-0.39, 0.29) is 6.10 Å². The number of nitrogens with one attached hydrogen (secondary N) is 2. The molecule has 0 radical (unpaired) electrons. The lowest BCUT2D eigenvalue weighted by atomic mass is 9.85. The minimum Gasteiger partial charge on any atom is -0.497 e. The summed E-state index contributed by atoms with van der Waals surface area (Å²) < 4.78 is 16.8. The summed E-state index contributed by atoms with van der Waals surface area (Å²) in [7, 11) is 1.64. The number of para-hydroxylation sites is 1. The van der Waals surface area contributed by atoms with Crippen LogP contribution in [0.4, 0.5) is 10.5 Å². The molecule has 3 atom stereocenters. The average molecular weight is 409 g/mol. The molecule has 7 nitrogen and oxygen atoms in total. The molecule has 158 valence electrons. The van der Waals surface area contributed by atoms with Crippen molar-refractivity contribution >= 4 is 11.8 Å². The molecule has 1 heterocycles. The Kier molecular flexibility index (Phi) is 5.55. The summed E-state index contributed by atoms with van der Waals surface area (Å²) in [6.07, 6.45) is 0.404. The lowest BCUT2D eigenvalue weighted by Gasteiger charge is -2.31. The van der Waals surface area contributed by atoms with Gasteiger partial charge in [0.15, 0.2) is 0 Å². The van der Waals surface area contributed by atoms with Crippen LogP contribution in [0.1, 0.15) is 25.3 Å². The molecule has 1 amide bonds. The van der Waals surface area contributed by atoms with Crippen molar-refractivity contribution in [1.29, 1.82) is 0 Å². The molecule has 2 aliphatic rings. The number of carbonyl (C=O) groups is 1. The standard InChI is InChI=1S/C23H27N3O4/c1-15-23(30-15)13-12-19(29-22(27)26-17-6-4-3-5-7-17)20(24)21(23)25-14-16-8-10-18(28-2)11-9-16/h3-11,15,19,25H,12-14,24H2,1-2H3,(H,26,27)/t15?,19-,23-/m1/s1. The van der Waals surface area contributed by atoms with E-state index in [4.69, 9.17) is 19.9 Å². The Labute approximate surface area is 176 Å². The number of rotatable bonds is 6. The highest BCUT2D eigenvalue weighted by atomic mass is 16.6. The van der Waals surface area contributed by atoms with Gasteiger partial charge in [0.1, 0.15) is 17.5 Å². The summed E-state index contributed by atoms with van der Waals surface area (Å²) in [4.78, 5) is 12.3. The van der Waals surface area contributed by atoms with Crippen LogP contribution in [0.2, 0.25) is 0 Å². The van der Waals surface area contributed by atoms with E-state index >= 15 is 0 Å². The molecule has 30 heavy (non-hydrogen) atoms. The van der Waals surface area contributed by atoms with Gasteiger partial charge in [-0.3, -0.25) is 5.32 Å². The van der Waals surface area contributed by atoms with E-state index in [1.54, 1.807) is 19.2 Å². The predicted molar refractivity (Wildman–Crippen MR) is 114 cm³/mol. The SMILES string of the molecule is COc1ccc(CNC2=C(N)[C@H](OC(=O)Nc3ccccc3)CC[C@]23OC3C)cc1. The molecule has 0 saturated carbocycles. The van der Waals surface area contributed by atoms with Crippen LogP contribution in [0.3, 0.4) is 0 Å². The van der Waals surface area contributed by atoms with E-state index in [9.17, 15) is 4.79 Å². The highest BCUT2D eigenvalue weighted by Gasteiger charge is 2.59. The van der Waals surface area contributed by atoms with Crippen molar-refractivity contribution in [3.8, 4) is 5.75 Å². The number of carbonyl (C=O) groups excluding carboxylic acids is 1. The Hall–Kier alpha value is -3.19. The van der Waals surface area contributed by atoms with E-state index in [0.717, 1.165) is 23.4 Å². The van der Waals surface area contributed by atoms with Crippen molar-refractivity contribution in [3.63, 3.8) is 0 Å². The maximum atomic E-state index is 12.3. The molecular formula is C23H27N3O4. The Balaban J connectivity index is 1.46. The number of anilines is 1. The minimum atomic E-state index is -0.524. The van der Waals surface area contributed by atoms with Gasteiger partial charge in [0.05, 0.1) is 24.6 Å². The fourth-order valence-electron chi connectivity index (χ4n) is 3.94. The summed E-state index contributed by atoms with van der Waals surface area (Å²) in [6, 6.07) is 17.0. The van der Waals surface area contributed by atoms with Crippen LogP contribution in [-0.4, -0.2) is 31.0 Å². The molecule has 1 unspecified atom stereocenters. The van der Waals surface area contributed by atoms with Crippen molar-refractivity contribution in [2.75, 3.05) is 12.4 Å². The lowest BCUT2D eigenvalue weighted by Crippen LogP contribution is -2.42. The number of hydrogen-bond donors (Lipinski definition) is 3. The Morgan fingerprint density at radius 3 is 2.53 bits per heavy atom. The summed E-state index contributed by atoms with van der Waals surface area (Å²) in [5, 5.41) is 6.17. The smallest absolute Gasteiger partial charge is 0.412 e. The van der Waals surface area contributed by atoms with E-state index in [1.165, 1.54) is 0 Å². The molecule has 1 fully saturated rings. The largest absolute Gasteiger partial charge is 0.497 e. The third-order valence-corrected chi connectivity index (χ3v) is 5.72. The van der Waals surface area contributed by atoms with Crippen molar-refractivity contribution in [2.45, 2.75) is 44.1 Å². The van der Waals surface area contributed by atoms with Crippen LogP contribution in [0, 0.1) is 0 Å². The molecule has 0 aromatic heterocycles. The topological polar surface area (TPSA) is 98.1 Å². The zero-order chi connectivity index (χ0) is 21.1. The van der Waals surface area contributed by atoms with Crippen LogP contribution in [-0.2, 0) is 16.0 Å². The lowest BCUT2D eigenvalue weighted by molar-refractivity contribution is 0.108. The minimum absolute atomic E-state index is 0.0773. The first-order valence-corrected chi connectivity index (χ1v) is 10.1. The molecule has 0 bridgehead atoms. The molecule has 4 N–H and O–H groups in total. The van der Waals surface area contributed by atoms with Crippen LogP contribution in [0.5, 0.6) is 5.75 Å². The Morgan fingerprint density at radius 2 is 1.90 bits per heavy atom. The molecule has 1 aliphatic carbocycles. The van der Waals surface area contributed by atoms with Gasteiger partial charge in [0, 0.05) is 12.2 Å². The first-order valence-electron chi connectivity index (χ1n) is 10.1. The molecule has 4 rings (SSSR count). The summed E-state index contributed by atoms with van der Waals surface area (Å²) in [6.45, 7) is 2.62. The Morgan fingerprint density at radius 1 is 1.20 bits per heavy atom. The Bertz CT molecular complexity index is 929. The fourth-order valence-corrected chi connectivity index (χ4v) is 3.94. The second-order valence-electron chi connectivity index (χ2n) is 7.61. The van der Waals surface area contributed by atoms with Gasteiger partial charge in [-0.15, -0.1) is 0 Å². The number of ether oxygens (including phenoxy) is 3. The number of amides is 1. The molecular weight excluding hydrogens is 382 g/mol. The van der Waals surface area contributed by atoms with Crippen molar-refractivity contribution in [3.05, 3.63) is 71.6 Å². The molecule has 2 aromatic carbocycles. The van der Waals surface area contributed by atoms with Gasteiger partial charge in [-0.05, 0) is 49.6 Å². The maximum Gasteiger partial charge on any atom is 0.412 e. The summed E-state index contributed by atoms with van der Waals surface area (Å²) >= 11 is 0. The predicted octanol–water partition coefficient (Wildman–Crippen LogP) is 3.52. The third-order valence-electron chi connectivity index (χ3n) is 5.72. The van der Waals surface area contributed by atoms with E-state index in [1.807, 2.05) is 49.4 Å². The normalized spacial score (nSPS) is 25.0. The molecule has 1 saturated heterocycles. The van der Waals surface area contributed by atoms with Gasteiger partial charge in [0.25, 0.3) is 0 Å². The molecule has 1 spiro atoms. The number of hydrogen-bond acceptors (Lipinski definition) is 6. The molecule has 1 aliphatic heterocycles. The van der Waals surface area contributed by atoms with Gasteiger partial charge in [-0.1, -0.05) is 30.3 Å². The zero-order valence-corrected chi connectivity index (χ0v) is 17.2. The first-order chi connectivity index (χ1) is 14.5. The van der Waals surface area contributed by atoms with Crippen molar-refractivity contribution in [2.24, 2.45) is 5.73 Å². The van der Waals surface area contributed by atoms with Crippen LogP contribution in [0.15, 0.2) is 66.0 Å². The van der Waals surface area contributed by atoms with E-state index < -0.39 is 17.8 Å². The van der Waals surface area contributed by atoms with Gasteiger partial charge < -0.3 is 25.3 Å². The van der Waals surface area contributed by atoms with E-state index in [0.29, 0.717) is 24.4 Å². The van der Waals surface area contributed by atoms with Crippen LogP contribution < -0.4 is 21.1 Å². The summed E-state index contributed by atoms with van der Waals surface area (Å²) in [5.41, 5.74) is 9.15. The van der Waals surface area contributed by atoms with Crippen LogP contribution in [0.25, 0.3) is 0 Å². The second kappa shape index (κ2) is 8.28. The van der Waals surface area contributed by atoms with Crippen LogP contribution >= 0.6 is 0 Å². The number of benzene rings is 2. The maximum absolute atomic E-state index is 12.3. The molecule has 2 aromatic rings. The highest BCUT2D eigenvalue weighted by molar-refractivity contribution is 5.84. The fraction of sp³-hybridized carbons (Fsp3) is 0.348. The quantitative estimate of drug-likeness (QED) is 0.632. The van der Waals surface area contributed by atoms with Gasteiger partial charge in [-0.25, -0.2) is 4.79 Å². The average Bonchev–Trinajstić information content (AvgIpc) is 3.40. The third kappa shape index (κ3) is 4.07. The van der Waals surface area contributed by atoms with Crippen molar-refractivity contribution < 1.29 is 19.0 Å². The van der Waals surface area contributed by atoms with Gasteiger partial charge >= 0.3 is 6.09 Å². The highest BCUT2D eigenvalue weighted by Crippen LogP contribution is 2.49. The number of epoxide rings is 1.